The summed E-state index contributed by atoms with van der Waals surface area (Å²) in [5.41, 5.74) is 0.370. The first kappa shape index (κ1) is 21.8. The van der Waals surface area contributed by atoms with Crippen molar-refractivity contribution in [3.63, 3.8) is 0 Å². The minimum atomic E-state index is -4.40. The highest BCUT2D eigenvalue weighted by Crippen LogP contribution is 2.29. The quantitative estimate of drug-likeness (QED) is 0.420. The molecule has 6 nitrogen and oxygen atoms in total. The molecule has 0 aliphatic rings. The summed E-state index contributed by atoms with van der Waals surface area (Å²) < 4.78 is 39.9. The first-order chi connectivity index (χ1) is 14.5. The van der Waals surface area contributed by atoms with Gasteiger partial charge in [-0.15, -0.1) is 11.3 Å². The molecule has 0 aliphatic carbocycles. The molecule has 0 saturated heterocycles. The number of hydrogen-bond donors (Lipinski definition) is 2. The summed E-state index contributed by atoms with van der Waals surface area (Å²) in [6.45, 7) is 1.82. The van der Waals surface area contributed by atoms with Gasteiger partial charge in [0, 0.05) is 57.3 Å². The molecule has 3 aromatic rings. The first-order valence-electron chi connectivity index (χ1n) is 9.46. The third-order valence-electron chi connectivity index (χ3n) is 4.34. The third-order valence-corrected chi connectivity index (χ3v) is 5.24. The SMILES string of the molecule is CN=C(NCCc1nc(C(F)(F)F)cs1)NCCc1nccn1Cc1ccccc1. The van der Waals surface area contributed by atoms with Crippen LogP contribution >= 0.6 is 11.3 Å². The van der Waals surface area contributed by atoms with Crippen LogP contribution in [0.1, 0.15) is 22.1 Å². The Balaban J connectivity index is 1.42. The minimum absolute atomic E-state index is 0.392. The van der Waals surface area contributed by atoms with Crippen molar-refractivity contribution in [2.24, 2.45) is 4.99 Å². The van der Waals surface area contributed by atoms with Crippen molar-refractivity contribution in [2.75, 3.05) is 20.1 Å². The van der Waals surface area contributed by atoms with Crippen LogP contribution in [0.5, 0.6) is 0 Å². The highest BCUT2D eigenvalue weighted by Gasteiger charge is 2.33. The van der Waals surface area contributed by atoms with Gasteiger partial charge in [0.25, 0.3) is 0 Å². The Morgan fingerprint density at radius 2 is 1.87 bits per heavy atom. The Hall–Kier alpha value is -2.88. The van der Waals surface area contributed by atoms with Gasteiger partial charge in [0.1, 0.15) is 5.82 Å². The molecule has 0 bridgehead atoms. The predicted molar refractivity (Wildman–Crippen MR) is 112 cm³/mol. The summed E-state index contributed by atoms with van der Waals surface area (Å²) in [4.78, 5) is 12.2. The van der Waals surface area contributed by atoms with E-state index in [0.717, 1.165) is 29.1 Å². The molecule has 10 heteroatoms. The molecule has 0 amide bonds. The Labute approximate surface area is 176 Å². The van der Waals surface area contributed by atoms with E-state index >= 15 is 0 Å². The van der Waals surface area contributed by atoms with E-state index in [-0.39, 0.29) is 0 Å². The molecular formula is C20H23F3N6S. The second-order valence-electron chi connectivity index (χ2n) is 6.51. The maximum atomic E-state index is 12.6. The smallest absolute Gasteiger partial charge is 0.356 e. The number of rotatable bonds is 8. The van der Waals surface area contributed by atoms with Crippen LogP contribution in [0.15, 0.2) is 53.1 Å². The Morgan fingerprint density at radius 3 is 2.53 bits per heavy atom. The number of guanidine groups is 1. The molecule has 0 aliphatic heterocycles. The van der Waals surface area contributed by atoms with E-state index < -0.39 is 11.9 Å². The van der Waals surface area contributed by atoms with Crippen molar-refractivity contribution in [1.29, 1.82) is 0 Å². The lowest BCUT2D eigenvalue weighted by molar-refractivity contribution is -0.140. The number of imidazole rings is 1. The Morgan fingerprint density at radius 1 is 1.13 bits per heavy atom. The minimum Gasteiger partial charge on any atom is -0.356 e. The van der Waals surface area contributed by atoms with Gasteiger partial charge in [0.05, 0.1) is 5.01 Å². The zero-order valence-electron chi connectivity index (χ0n) is 16.5. The first-order valence-corrected chi connectivity index (χ1v) is 10.3. The summed E-state index contributed by atoms with van der Waals surface area (Å²) >= 11 is 1.01. The Bertz CT molecular complexity index is 949. The number of aliphatic imine (C=N–C) groups is 1. The van der Waals surface area contributed by atoms with E-state index in [1.54, 1.807) is 13.2 Å². The van der Waals surface area contributed by atoms with Gasteiger partial charge in [-0.3, -0.25) is 4.99 Å². The van der Waals surface area contributed by atoms with E-state index in [1.165, 1.54) is 5.56 Å². The number of nitrogens with one attached hydrogen (secondary N) is 2. The Kier molecular flexibility index (Phi) is 7.45. The van der Waals surface area contributed by atoms with Crippen LogP contribution in [0.3, 0.4) is 0 Å². The van der Waals surface area contributed by atoms with E-state index in [1.807, 2.05) is 24.4 Å². The summed E-state index contributed by atoms with van der Waals surface area (Å²) in [7, 11) is 1.65. The third kappa shape index (κ3) is 6.31. The van der Waals surface area contributed by atoms with Gasteiger partial charge < -0.3 is 15.2 Å². The van der Waals surface area contributed by atoms with Crippen LogP contribution in [-0.2, 0) is 25.6 Å². The van der Waals surface area contributed by atoms with Crippen molar-refractivity contribution in [2.45, 2.75) is 25.6 Å². The molecule has 160 valence electrons. The maximum absolute atomic E-state index is 12.6. The lowest BCUT2D eigenvalue weighted by Crippen LogP contribution is -2.39. The van der Waals surface area contributed by atoms with Gasteiger partial charge in [0.15, 0.2) is 11.7 Å². The van der Waals surface area contributed by atoms with Crippen molar-refractivity contribution in [3.05, 3.63) is 70.2 Å². The second-order valence-corrected chi connectivity index (χ2v) is 7.45. The molecule has 0 fully saturated rings. The molecule has 2 N–H and O–H groups in total. The average molecular weight is 437 g/mol. The van der Waals surface area contributed by atoms with Crippen LogP contribution in [0.4, 0.5) is 13.2 Å². The fourth-order valence-corrected chi connectivity index (χ4v) is 3.65. The zero-order valence-corrected chi connectivity index (χ0v) is 17.3. The summed E-state index contributed by atoms with van der Waals surface area (Å²) in [6, 6.07) is 10.2. The second kappa shape index (κ2) is 10.2. The fraction of sp³-hybridized carbons (Fsp3) is 0.350. The highest BCUT2D eigenvalue weighted by atomic mass is 32.1. The van der Waals surface area contributed by atoms with Gasteiger partial charge in [-0.25, -0.2) is 9.97 Å². The molecule has 0 radical (unpaired) electrons. The summed E-state index contributed by atoms with van der Waals surface area (Å²) in [5, 5.41) is 7.78. The van der Waals surface area contributed by atoms with E-state index in [2.05, 4.69) is 42.3 Å². The normalized spacial score (nSPS) is 12.2. The number of halogens is 3. The molecule has 1 aromatic carbocycles. The van der Waals surface area contributed by atoms with E-state index in [0.29, 0.717) is 36.9 Å². The monoisotopic (exact) mass is 436 g/mol. The van der Waals surface area contributed by atoms with Crippen LogP contribution in [0, 0.1) is 0 Å². The lowest BCUT2D eigenvalue weighted by Gasteiger charge is -2.12. The van der Waals surface area contributed by atoms with E-state index in [4.69, 9.17) is 0 Å². The number of aromatic nitrogens is 3. The molecule has 30 heavy (non-hydrogen) atoms. The molecule has 2 aromatic heterocycles. The number of hydrogen-bond acceptors (Lipinski definition) is 4. The fourth-order valence-electron chi connectivity index (χ4n) is 2.85. The van der Waals surface area contributed by atoms with Crippen LogP contribution in [0.25, 0.3) is 0 Å². The van der Waals surface area contributed by atoms with E-state index in [9.17, 15) is 13.2 Å². The van der Waals surface area contributed by atoms with Crippen molar-refractivity contribution >= 4 is 17.3 Å². The average Bonchev–Trinajstić information content (AvgIpc) is 3.37. The van der Waals surface area contributed by atoms with Crippen molar-refractivity contribution in [1.82, 2.24) is 25.2 Å². The van der Waals surface area contributed by atoms with Crippen molar-refractivity contribution < 1.29 is 13.2 Å². The number of benzene rings is 1. The van der Waals surface area contributed by atoms with Crippen LogP contribution < -0.4 is 10.6 Å². The van der Waals surface area contributed by atoms with Crippen molar-refractivity contribution in [3.8, 4) is 0 Å². The van der Waals surface area contributed by atoms with Gasteiger partial charge in [-0.2, -0.15) is 13.2 Å². The molecule has 0 spiro atoms. The van der Waals surface area contributed by atoms with Gasteiger partial charge >= 0.3 is 6.18 Å². The lowest BCUT2D eigenvalue weighted by atomic mass is 10.2. The number of thiazole rings is 1. The number of alkyl halides is 3. The molecule has 0 saturated carbocycles. The van der Waals surface area contributed by atoms with Gasteiger partial charge in [-0.05, 0) is 5.56 Å². The molecular weight excluding hydrogens is 413 g/mol. The zero-order chi connectivity index (χ0) is 21.4. The van der Waals surface area contributed by atoms with Crippen LogP contribution in [-0.4, -0.2) is 40.6 Å². The largest absolute Gasteiger partial charge is 0.434 e. The number of nitrogens with zero attached hydrogens (tertiary/aromatic N) is 4. The van der Waals surface area contributed by atoms with Gasteiger partial charge in [0.2, 0.25) is 0 Å². The molecule has 0 unspecified atom stereocenters. The molecule has 2 heterocycles. The highest BCUT2D eigenvalue weighted by molar-refractivity contribution is 7.09. The molecule has 3 rings (SSSR count). The summed E-state index contributed by atoms with van der Waals surface area (Å²) in [5.74, 6) is 1.55. The standard InChI is InChI=1S/C20H23F3N6S/c1-24-19(27-10-8-18-28-16(14-30-18)20(21,22)23)26-9-7-17-25-11-12-29(17)13-15-5-3-2-4-6-15/h2-6,11-12,14H,7-10,13H2,1H3,(H2,24,26,27). The van der Waals surface area contributed by atoms with Gasteiger partial charge in [-0.1, -0.05) is 30.3 Å². The topological polar surface area (TPSA) is 67.1 Å². The maximum Gasteiger partial charge on any atom is 0.434 e. The predicted octanol–water partition coefficient (Wildman–Crippen LogP) is 3.36. The molecule has 0 atom stereocenters. The summed E-state index contributed by atoms with van der Waals surface area (Å²) in [6.07, 6.45) is 0.448. The van der Waals surface area contributed by atoms with Crippen LogP contribution in [0.2, 0.25) is 0 Å².